The molecule has 4 rings (SSSR count). The van der Waals surface area contributed by atoms with E-state index in [9.17, 15) is 10.5 Å². The zero-order valence-corrected chi connectivity index (χ0v) is 13.0. The van der Waals surface area contributed by atoms with Crippen molar-refractivity contribution in [2.45, 2.75) is 11.0 Å². The normalized spacial score (nSPS) is 41.6. The summed E-state index contributed by atoms with van der Waals surface area (Å²) in [4.78, 5) is 3.09. The SMILES string of the molecule is N#C[C@@]12[C@H](c3ccc(Cl)cc3)[C@]1(C#N)C(N)=[NH+][C@@]21OCCS1. The molecule has 3 N–H and O–H groups in total. The molecule has 1 aromatic rings. The molecule has 5 nitrogen and oxygen atoms in total. The van der Waals surface area contributed by atoms with Crippen molar-refractivity contribution in [3.8, 4) is 12.1 Å². The highest BCUT2D eigenvalue weighted by Crippen LogP contribution is 2.80. The number of benzene rings is 1. The van der Waals surface area contributed by atoms with Crippen LogP contribution in [0.2, 0.25) is 5.02 Å². The van der Waals surface area contributed by atoms with Crippen molar-refractivity contribution in [3.63, 3.8) is 0 Å². The Balaban J connectivity index is 1.92. The number of nitrogens with one attached hydrogen (secondary N) is 1. The number of amidine groups is 1. The first-order chi connectivity index (χ1) is 10.6. The third-order valence-electron chi connectivity index (χ3n) is 4.90. The highest BCUT2D eigenvalue weighted by molar-refractivity contribution is 8.00. The number of ether oxygens (including phenoxy) is 1. The van der Waals surface area contributed by atoms with Crippen LogP contribution in [0.5, 0.6) is 0 Å². The Morgan fingerprint density at radius 1 is 1.32 bits per heavy atom. The molecule has 0 radical (unpaired) electrons. The summed E-state index contributed by atoms with van der Waals surface area (Å²) in [7, 11) is 0. The Hall–Kier alpha value is -1.73. The monoisotopic (exact) mass is 331 g/mol. The van der Waals surface area contributed by atoms with Gasteiger partial charge in [0.15, 0.2) is 10.8 Å². The maximum absolute atomic E-state index is 9.96. The molecule has 1 saturated carbocycles. The van der Waals surface area contributed by atoms with Gasteiger partial charge in [0.2, 0.25) is 0 Å². The van der Waals surface area contributed by atoms with Gasteiger partial charge in [0.05, 0.1) is 18.7 Å². The van der Waals surface area contributed by atoms with E-state index in [0.29, 0.717) is 17.5 Å². The third-order valence-corrected chi connectivity index (χ3v) is 6.47. The maximum atomic E-state index is 9.96. The van der Waals surface area contributed by atoms with Crippen LogP contribution in [0.1, 0.15) is 11.5 Å². The van der Waals surface area contributed by atoms with Crippen molar-refractivity contribution >= 4 is 29.2 Å². The lowest BCUT2D eigenvalue weighted by Crippen LogP contribution is -2.88. The van der Waals surface area contributed by atoms with Gasteiger partial charge in [0.1, 0.15) is 0 Å². The standard InChI is InChI=1S/C15H11ClN4OS/c16-10-3-1-9(2-4-10)11-13(7-17)12(19)20-15(14(11,13)8-18)21-5-6-22-15/h1-4,11H,5-6H2,(H2,19,20)/p+1/t11-,13-,14-,15-/m1/s1. The average molecular weight is 332 g/mol. The van der Waals surface area contributed by atoms with Crippen molar-refractivity contribution in [1.29, 1.82) is 10.5 Å². The van der Waals surface area contributed by atoms with Gasteiger partial charge in [-0.05, 0) is 17.7 Å². The second-order valence-corrected chi connectivity index (χ2v) is 7.38. The number of halogens is 1. The largest absolute Gasteiger partial charge is 0.327 e. The average Bonchev–Trinajstić information content (AvgIpc) is 2.77. The molecule has 110 valence electrons. The molecule has 1 spiro atoms. The molecular weight excluding hydrogens is 320 g/mol. The highest BCUT2D eigenvalue weighted by atomic mass is 35.5. The first-order valence-corrected chi connectivity index (χ1v) is 8.21. The molecule has 0 bridgehead atoms. The predicted octanol–water partition coefficient (Wildman–Crippen LogP) is 0.326. The molecular formula is C15H12ClN4OS+. The van der Waals surface area contributed by atoms with Crippen LogP contribution in [-0.4, -0.2) is 23.3 Å². The van der Waals surface area contributed by atoms with Crippen molar-refractivity contribution in [1.82, 2.24) is 0 Å². The molecule has 2 heterocycles. The van der Waals surface area contributed by atoms with Crippen molar-refractivity contribution < 1.29 is 9.73 Å². The Kier molecular flexibility index (Phi) is 2.64. The summed E-state index contributed by atoms with van der Waals surface area (Å²) in [5.41, 5.74) is 4.95. The summed E-state index contributed by atoms with van der Waals surface area (Å²) in [5, 5.41) is 19.5. The van der Waals surface area contributed by atoms with E-state index in [2.05, 4.69) is 17.1 Å². The molecule has 7 heteroatoms. The molecule has 0 amide bonds. The van der Waals surface area contributed by atoms with E-state index in [-0.39, 0.29) is 5.92 Å². The van der Waals surface area contributed by atoms with Crippen LogP contribution in [0.4, 0.5) is 0 Å². The molecule has 2 fully saturated rings. The van der Waals surface area contributed by atoms with E-state index in [1.54, 1.807) is 12.1 Å². The molecule has 0 aromatic heterocycles. The van der Waals surface area contributed by atoms with Crippen LogP contribution < -0.4 is 10.7 Å². The minimum absolute atomic E-state index is 0.320. The Bertz CT molecular complexity index is 774. The quantitative estimate of drug-likeness (QED) is 0.772. The number of nitriles is 2. The van der Waals surface area contributed by atoms with Gasteiger partial charge < -0.3 is 4.74 Å². The Morgan fingerprint density at radius 3 is 2.59 bits per heavy atom. The fourth-order valence-corrected chi connectivity index (χ4v) is 5.45. The lowest BCUT2D eigenvalue weighted by Gasteiger charge is -2.23. The molecule has 3 aliphatic rings. The fraction of sp³-hybridized carbons (Fsp3) is 0.400. The minimum Gasteiger partial charge on any atom is -0.327 e. The van der Waals surface area contributed by atoms with E-state index in [0.717, 1.165) is 11.3 Å². The smallest absolute Gasteiger partial charge is 0.277 e. The minimum atomic E-state index is -1.06. The number of nitrogens with zero attached hydrogens (tertiary/aromatic N) is 2. The van der Waals surface area contributed by atoms with Gasteiger partial charge in [-0.3, -0.25) is 5.73 Å². The van der Waals surface area contributed by atoms with Gasteiger partial charge in [-0.1, -0.05) is 35.5 Å². The molecule has 1 aliphatic carbocycles. The van der Waals surface area contributed by atoms with Crippen molar-refractivity contribution in [2.24, 2.45) is 16.6 Å². The van der Waals surface area contributed by atoms with Gasteiger partial charge in [0, 0.05) is 16.7 Å². The number of rotatable bonds is 1. The Morgan fingerprint density at radius 2 is 2.05 bits per heavy atom. The first-order valence-electron chi connectivity index (χ1n) is 6.85. The molecule has 4 atom stereocenters. The van der Waals surface area contributed by atoms with E-state index < -0.39 is 15.9 Å². The van der Waals surface area contributed by atoms with Crippen LogP contribution in [0, 0.1) is 33.5 Å². The summed E-state index contributed by atoms with van der Waals surface area (Å²) in [6, 6.07) is 11.9. The van der Waals surface area contributed by atoms with E-state index in [1.165, 1.54) is 11.8 Å². The van der Waals surface area contributed by atoms with Gasteiger partial charge in [-0.15, -0.1) is 0 Å². The van der Waals surface area contributed by atoms with E-state index in [1.807, 2.05) is 12.1 Å². The molecule has 22 heavy (non-hydrogen) atoms. The van der Waals surface area contributed by atoms with Crippen molar-refractivity contribution in [3.05, 3.63) is 34.9 Å². The van der Waals surface area contributed by atoms with Crippen LogP contribution in [-0.2, 0) is 4.74 Å². The van der Waals surface area contributed by atoms with Crippen LogP contribution in [0.15, 0.2) is 24.3 Å². The van der Waals surface area contributed by atoms with Crippen molar-refractivity contribution in [2.75, 3.05) is 12.4 Å². The van der Waals surface area contributed by atoms with Gasteiger partial charge in [0.25, 0.3) is 10.9 Å². The molecule has 1 saturated heterocycles. The summed E-state index contributed by atoms with van der Waals surface area (Å²) in [6.07, 6.45) is 0. The number of hydrogen-bond acceptors (Lipinski definition) is 5. The second kappa shape index (κ2) is 4.17. The zero-order valence-electron chi connectivity index (χ0n) is 11.5. The number of nitrogens with two attached hydrogens (primary N) is 1. The topological polar surface area (TPSA) is 96.8 Å². The second-order valence-electron chi connectivity index (χ2n) is 5.68. The van der Waals surface area contributed by atoms with Crippen LogP contribution in [0.3, 0.4) is 0 Å². The molecule has 1 aromatic carbocycles. The lowest BCUT2D eigenvalue weighted by atomic mass is 9.95. The van der Waals surface area contributed by atoms with Crippen LogP contribution >= 0.6 is 23.4 Å². The summed E-state index contributed by atoms with van der Waals surface area (Å²) < 4.78 is 5.87. The molecule has 2 aliphatic heterocycles. The van der Waals surface area contributed by atoms with E-state index in [4.69, 9.17) is 22.1 Å². The summed E-state index contributed by atoms with van der Waals surface area (Å²) in [5.74, 6) is 0.767. The number of thioether (sulfide) groups is 1. The zero-order chi connectivity index (χ0) is 15.6. The third kappa shape index (κ3) is 1.24. The lowest BCUT2D eigenvalue weighted by molar-refractivity contribution is -0.583. The van der Waals surface area contributed by atoms with Crippen LogP contribution in [0.25, 0.3) is 0 Å². The van der Waals surface area contributed by atoms with Gasteiger partial charge in [-0.2, -0.15) is 10.5 Å². The Labute approximate surface area is 136 Å². The fourth-order valence-electron chi connectivity index (χ4n) is 3.97. The number of hydrogen-bond donors (Lipinski definition) is 2. The van der Waals surface area contributed by atoms with E-state index >= 15 is 0 Å². The maximum Gasteiger partial charge on any atom is 0.277 e. The predicted molar refractivity (Wildman–Crippen MR) is 81.6 cm³/mol. The first kappa shape index (κ1) is 13.9. The van der Waals surface area contributed by atoms with Gasteiger partial charge in [-0.25, -0.2) is 4.99 Å². The highest BCUT2D eigenvalue weighted by Gasteiger charge is 2.96. The summed E-state index contributed by atoms with van der Waals surface area (Å²) in [6.45, 7) is 0.531. The number of fused-ring (bicyclic) bond motifs is 2. The molecule has 0 unspecified atom stereocenters. The van der Waals surface area contributed by atoms with Gasteiger partial charge >= 0.3 is 0 Å². The summed E-state index contributed by atoms with van der Waals surface area (Å²) >= 11 is 7.45.